The molecule has 0 bridgehead atoms. The van der Waals surface area contributed by atoms with Crippen LogP contribution in [0.4, 0.5) is 4.39 Å². The third-order valence-corrected chi connectivity index (χ3v) is 2.74. The van der Waals surface area contributed by atoms with E-state index in [-0.39, 0.29) is 0 Å². The molecule has 1 aromatic heterocycles. The van der Waals surface area contributed by atoms with E-state index in [2.05, 4.69) is 10.4 Å². The normalized spacial score (nSPS) is 10.2. The maximum Gasteiger partial charge on any atom is 0.322 e. The minimum Gasteiger partial charge on any atom is -0.480 e. The van der Waals surface area contributed by atoms with Crippen molar-refractivity contribution in [1.29, 1.82) is 0 Å². The molecule has 22 heavy (non-hydrogen) atoms. The first-order valence-corrected chi connectivity index (χ1v) is 6.28. The van der Waals surface area contributed by atoms with E-state index in [0.29, 0.717) is 11.3 Å². The Labute approximate surface area is 124 Å². The lowest BCUT2D eigenvalue weighted by Gasteiger charge is -2.07. The fourth-order valence-electron chi connectivity index (χ4n) is 1.70. The number of rotatable bonds is 5. The number of hydrogen-bond donors (Lipinski definition) is 2. The number of carbonyl (C=O) groups is 2. The molecule has 0 spiro atoms. The van der Waals surface area contributed by atoms with Crippen molar-refractivity contribution in [3.05, 3.63) is 52.6 Å². The molecule has 0 saturated carbocycles. The first-order valence-electron chi connectivity index (χ1n) is 6.28. The van der Waals surface area contributed by atoms with Gasteiger partial charge in [0.15, 0.2) is 0 Å². The zero-order valence-corrected chi connectivity index (χ0v) is 11.3. The largest absolute Gasteiger partial charge is 0.480 e. The average Bonchev–Trinajstić information content (AvgIpc) is 2.48. The molecule has 1 heterocycles. The Morgan fingerprint density at radius 1 is 1.18 bits per heavy atom. The lowest BCUT2D eigenvalue weighted by molar-refractivity contribution is -0.138. The van der Waals surface area contributed by atoms with Crippen LogP contribution in [-0.2, 0) is 16.1 Å². The van der Waals surface area contributed by atoms with E-state index in [0.717, 1.165) is 4.68 Å². The Bertz CT molecular complexity index is 755. The van der Waals surface area contributed by atoms with Crippen LogP contribution in [0.25, 0.3) is 11.3 Å². The fraction of sp³-hybridized carbons (Fsp3) is 0.143. The van der Waals surface area contributed by atoms with Crippen LogP contribution < -0.4 is 10.9 Å². The Hall–Kier alpha value is -3.03. The SMILES string of the molecule is O=C(O)CNC(=O)Cn1nc(-c2ccc(F)cc2)ccc1=O. The van der Waals surface area contributed by atoms with Gasteiger partial charge in [0.25, 0.3) is 5.56 Å². The maximum absolute atomic E-state index is 12.9. The third kappa shape index (κ3) is 3.98. The number of aliphatic carboxylic acids is 1. The summed E-state index contributed by atoms with van der Waals surface area (Å²) >= 11 is 0. The van der Waals surface area contributed by atoms with Gasteiger partial charge < -0.3 is 10.4 Å². The highest BCUT2D eigenvalue weighted by Gasteiger charge is 2.09. The molecule has 0 aliphatic carbocycles. The first-order chi connectivity index (χ1) is 10.5. The minimum absolute atomic E-state index is 0.394. The molecule has 0 aliphatic rings. The number of nitrogens with one attached hydrogen (secondary N) is 1. The second kappa shape index (κ2) is 6.61. The Kier molecular flexibility index (Phi) is 4.62. The number of nitrogens with zero attached hydrogens (tertiary/aromatic N) is 2. The van der Waals surface area contributed by atoms with Crippen molar-refractivity contribution in [3.63, 3.8) is 0 Å². The summed E-state index contributed by atoms with van der Waals surface area (Å²) in [6.07, 6.45) is 0. The van der Waals surface area contributed by atoms with Crippen molar-refractivity contribution in [1.82, 2.24) is 15.1 Å². The average molecular weight is 305 g/mol. The van der Waals surface area contributed by atoms with Crippen LogP contribution in [0.5, 0.6) is 0 Å². The highest BCUT2D eigenvalue weighted by molar-refractivity contribution is 5.80. The topological polar surface area (TPSA) is 101 Å². The van der Waals surface area contributed by atoms with Crippen molar-refractivity contribution in [3.8, 4) is 11.3 Å². The summed E-state index contributed by atoms with van der Waals surface area (Å²) in [5.74, 6) is -2.23. The summed E-state index contributed by atoms with van der Waals surface area (Å²) in [5, 5.41) is 14.6. The zero-order valence-electron chi connectivity index (χ0n) is 11.3. The van der Waals surface area contributed by atoms with Crippen LogP contribution in [0.1, 0.15) is 0 Å². The summed E-state index contributed by atoms with van der Waals surface area (Å²) in [5.41, 5.74) is 0.475. The van der Waals surface area contributed by atoms with Crippen molar-refractivity contribution in [2.75, 3.05) is 6.54 Å². The van der Waals surface area contributed by atoms with E-state index in [4.69, 9.17) is 5.11 Å². The third-order valence-electron chi connectivity index (χ3n) is 2.74. The number of benzene rings is 1. The zero-order chi connectivity index (χ0) is 16.1. The van der Waals surface area contributed by atoms with Crippen LogP contribution in [0.15, 0.2) is 41.2 Å². The molecule has 7 nitrogen and oxygen atoms in total. The minimum atomic E-state index is -1.19. The summed E-state index contributed by atoms with van der Waals surface area (Å²) in [6, 6.07) is 8.20. The Morgan fingerprint density at radius 2 is 1.86 bits per heavy atom. The number of carboxylic acid groups (broad SMARTS) is 1. The predicted octanol–water partition coefficient (Wildman–Crippen LogP) is 0.250. The molecule has 0 fully saturated rings. The van der Waals surface area contributed by atoms with Gasteiger partial charge >= 0.3 is 5.97 Å². The number of carboxylic acids is 1. The number of amides is 1. The molecule has 2 N–H and O–H groups in total. The molecule has 2 rings (SSSR count). The van der Waals surface area contributed by atoms with E-state index in [1.807, 2.05) is 0 Å². The van der Waals surface area contributed by atoms with Gasteiger partial charge in [-0.25, -0.2) is 9.07 Å². The molecule has 0 atom stereocenters. The second-order valence-corrected chi connectivity index (χ2v) is 4.39. The van der Waals surface area contributed by atoms with Crippen molar-refractivity contribution >= 4 is 11.9 Å². The van der Waals surface area contributed by atoms with Crippen molar-refractivity contribution < 1.29 is 19.1 Å². The van der Waals surface area contributed by atoms with Gasteiger partial charge in [-0.1, -0.05) is 0 Å². The van der Waals surface area contributed by atoms with Gasteiger partial charge in [-0.15, -0.1) is 0 Å². The summed E-state index contributed by atoms with van der Waals surface area (Å²) < 4.78 is 13.8. The molecule has 0 aliphatic heterocycles. The summed E-state index contributed by atoms with van der Waals surface area (Å²) in [7, 11) is 0. The Balaban J connectivity index is 2.20. The van der Waals surface area contributed by atoms with Gasteiger partial charge in [-0.2, -0.15) is 5.10 Å². The predicted molar refractivity (Wildman–Crippen MR) is 74.5 cm³/mol. The van der Waals surface area contributed by atoms with Gasteiger partial charge in [0.1, 0.15) is 18.9 Å². The monoisotopic (exact) mass is 305 g/mol. The lowest BCUT2D eigenvalue weighted by atomic mass is 10.1. The van der Waals surface area contributed by atoms with Crippen LogP contribution in [0, 0.1) is 5.82 Å². The molecular formula is C14H12FN3O4. The smallest absolute Gasteiger partial charge is 0.322 e. The fourth-order valence-corrected chi connectivity index (χ4v) is 1.70. The molecule has 0 radical (unpaired) electrons. The lowest BCUT2D eigenvalue weighted by Crippen LogP contribution is -2.36. The van der Waals surface area contributed by atoms with Gasteiger partial charge in [0, 0.05) is 11.6 Å². The standard InChI is InChI=1S/C14H12FN3O4/c15-10-3-1-9(2-4-10)11-5-6-13(20)18(17-11)8-12(19)16-7-14(21)22/h1-6H,7-8H2,(H,16,19)(H,21,22). The van der Waals surface area contributed by atoms with Crippen LogP contribution >= 0.6 is 0 Å². The molecular weight excluding hydrogens is 293 g/mol. The highest BCUT2D eigenvalue weighted by atomic mass is 19.1. The van der Waals surface area contributed by atoms with Gasteiger partial charge in [-0.3, -0.25) is 14.4 Å². The van der Waals surface area contributed by atoms with Crippen molar-refractivity contribution in [2.24, 2.45) is 0 Å². The van der Waals surface area contributed by atoms with Crippen LogP contribution in [0.3, 0.4) is 0 Å². The van der Waals surface area contributed by atoms with Crippen molar-refractivity contribution in [2.45, 2.75) is 6.54 Å². The summed E-state index contributed by atoms with van der Waals surface area (Å²) in [6.45, 7) is -0.938. The second-order valence-electron chi connectivity index (χ2n) is 4.39. The number of aromatic nitrogens is 2. The van der Waals surface area contributed by atoms with E-state index < -0.39 is 36.3 Å². The number of carbonyl (C=O) groups excluding carboxylic acids is 1. The van der Waals surface area contributed by atoms with Gasteiger partial charge in [-0.05, 0) is 30.3 Å². The van der Waals surface area contributed by atoms with E-state index in [9.17, 15) is 18.8 Å². The number of hydrogen-bond acceptors (Lipinski definition) is 4. The molecule has 0 unspecified atom stereocenters. The van der Waals surface area contributed by atoms with E-state index in [1.54, 1.807) is 0 Å². The van der Waals surface area contributed by atoms with Gasteiger partial charge in [0.2, 0.25) is 5.91 Å². The van der Waals surface area contributed by atoms with E-state index >= 15 is 0 Å². The highest BCUT2D eigenvalue weighted by Crippen LogP contribution is 2.15. The summed E-state index contributed by atoms with van der Waals surface area (Å²) in [4.78, 5) is 33.6. The van der Waals surface area contributed by atoms with Crippen LogP contribution in [0.2, 0.25) is 0 Å². The maximum atomic E-state index is 12.9. The van der Waals surface area contributed by atoms with Crippen LogP contribution in [-0.4, -0.2) is 33.3 Å². The molecule has 1 aromatic carbocycles. The molecule has 8 heteroatoms. The first kappa shape index (κ1) is 15.4. The number of halogens is 1. The van der Waals surface area contributed by atoms with E-state index in [1.165, 1.54) is 36.4 Å². The molecule has 1 amide bonds. The Morgan fingerprint density at radius 3 is 2.50 bits per heavy atom. The van der Waals surface area contributed by atoms with Gasteiger partial charge in [0.05, 0.1) is 5.69 Å². The molecule has 0 saturated heterocycles. The molecule has 114 valence electrons. The quantitative estimate of drug-likeness (QED) is 0.824. The molecule has 2 aromatic rings.